The number of nitrogens with two attached hydrogens (primary N) is 1. The summed E-state index contributed by atoms with van der Waals surface area (Å²) in [7, 11) is 0. The normalized spacial score (nSPS) is 11.0. The van der Waals surface area contributed by atoms with Crippen LogP contribution in [0.1, 0.15) is 5.76 Å². The third-order valence-electron chi connectivity index (χ3n) is 3.62. The van der Waals surface area contributed by atoms with Gasteiger partial charge in [0.2, 0.25) is 0 Å². The summed E-state index contributed by atoms with van der Waals surface area (Å²) in [6.07, 6.45) is 5.22. The van der Waals surface area contributed by atoms with E-state index in [0.29, 0.717) is 12.2 Å². The number of benzene rings is 1. The van der Waals surface area contributed by atoms with Gasteiger partial charge in [0.15, 0.2) is 5.65 Å². The zero-order chi connectivity index (χ0) is 15.6. The van der Waals surface area contributed by atoms with Crippen molar-refractivity contribution in [3.05, 3.63) is 66.9 Å². The summed E-state index contributed by atoms with van der Waals surface area (Å²) in [6.45, 7) is 0.583. The highest BCUT2D eigenvalue weighted by Gasteiger charge is 2.11. The van der Waals surface area contributed by atoms with Crippen LogP contribution in [0.25, 0.3) is 16.8 Å². The van der Waals surface area contributed by atoms with E-state index in [2.05, 4.69) is 15.4 Å². The first kappa shape index (κ1) is 13.4. The molecule has 114 valence electrons. The van der Waals surface area contributed by atoms with Crippen molar-refractivity contribution in [2.24, 2.45) is 0 Å². The van der Waals surface area contributed by atoms with Crippen molar-refractivity contribution in [3.8, 4) is 11.1 Å². The van der Waals surface area contributed by atoms with Crippen LogP contribution in [-0.4, -0.2) is 14.6 Å². The molecule has 0 saturated carbocycles. The van der Waals surface area contributed by atoms with Gasteiger partial charge in [0.1, 0.15) is 11.6 Å². The van der Waals surface area contributed by atoms with Crippen LogP contribution in [0.3, 0.4) is 0 Å². The molecule has 1 aromatic carbocycles. The minimum atomic E-state index is 0.583. The van der Waals surface area contributed by atoms with Crippen molar-refractivity contribution < 1.29 is 4.42 Å². The quantitative estimate of drug-likeness (QED) is 0.566. The first-order valence-corrected chi connectivity index (χ1v) is 7.26. The van der Waals surface area contributed by atoms with Crippen molar-refractivity contribution >= 4 is 17.2 Å². The number of anilines is 2. The SMILES string of the molecule is Nc1cccc(-c2cnn3c(NCc4ccco4)ccnc23)c1. The third-order valence-corrected chi connectivity index (χ3v) is 3.62. The summed E-state index contributed by atoms with van der Waals surface area (Å²) in [6, 6.07) is 13.4. The van der Waals surface area contributed by atoms with E-state index in [4.69, 9.17) is 10.2 Å². The Balaban J connectivity index is 1.71. The van der Waals surface area contributed by atoms with Crippen LogP contribution < -0.4 is 11.1 Å². The number of fused-ring (bicyclic) bond motifs is 1. The molecule has 4 aromatic rings. The van der Waals surface area contributed by atoms with E-state index in [9.17, 15) is 0 Å². The molecule has 3 N–H and O–H groups in total. The lowest BCUT2D eigenvalue weighted by molar-refractivity contribution is 0.517. The number of nitrogen functional groups attached to an aromatic ring is 1. The van der Waals surface area contributed by atoms with Gasteiger partial charge in [-0.25, -0.2) is 4.98 Å². The lowest BCUT2D eigenvalue weighted by atomic mass is 10.1. The van der Waals surface area contributed by atoms with Crippen LogP contribution in [0.5, 0.6) is 0 Å². The highest BCUT2D eigenvalue weighted by molar-refractivity contribution is 5.79. The molecule has 0 bridgehead atoms. The fraction of sp³-hybridized carbons (Fsp3) is 0.0588. The summed E-state index contributed by atoms with van der Waals surface area (Å²) in [5.74, 6) is 1.71. The molecule has 3 aromatic heterocycles. The second kappa shape index (κ2) is 5.49. The van der Waals surface area contributed by atoms with Gasteiger partial charge in [-0.2, -0.15) is 9.61 Å². The summed E-state index contributed by atoms with van der Waals surface area (Å²) >= 11 is 0. The molecule has 0 aliphatic carbocycles. The molecular formula is C17H15N5O. The van der Waals surface area contributed by atoms with Gasteiger partial charge in [-0.05, 0) is 35.9 Å². The zero-order valence-corrected chi connectivity index (χ0v) is 12.3. The zero-order valence-electron chi connectivity index (χ0n) is 12.3. The van der Waals surface area contributed by atoms with Gasteiger partial charge < -0.3 is 15.5 Å². The molecule has 0 amide bonds. The maximum Gasteiger partial charge on any atom is 0.165 e. The maximum absolute atomic E-state index is 5.87. The molecule has 0 spiro atoms. The van der Waals surface area contributed by atoms with E-state index in [0.717, 1.165) is 28.4 Å². The minimum absolute atomic E-state index is 0.583. The molecule has 0 unspecified atom stereocenters. The van der Waals surface area contributed by atoms with E-state index < -0.39 is 0 Å². The second-order valence-electron chi connectivity index (χ2n) is 5.18. The standard InChI is InChI=1S/C17H15N5O/c18-13-4-1-3-12(9-13)15-11-21-22-16(6-7-19-17(15)22)20-10-14-5-2-8-23-14/h1-9,11,20H,10,18H2. The predicted molar refractivity (Wildman–Crippen MR) is 88.9 cm³/mol. The molecule has 4 rings (SSSR count). The lowest BCUT2D eigenvalue weighted by Gasteiger charge is -2.07. The Morgan fingerprint density at radius 1 is 1.17 bits per heavy atom. The lowest BCUT2D eigenvalue weighted by Crippen LogP contribution is -2.05. The first-order chi connectivity index (χ1) is 11.3. The third kappa shape index (κ3) is 2.50. The van der Waals surface area contributed by atoms with Gasteiger partial charge in [-0.15, -0.1) is 0 Å². The van der Waals surface area contributed by atoms with E-state index >= 15 is 0 Å². The smallest absolute Gasteiger partial charge is 0.165 e. The summed E-state index contributed by atoms with van der Waals surface area (Å²) in [5, 5.41) is 7.75. The molecule has 6 nitrogen and oxygen atoms in total. The Morgan fingerprint density at radius 3 is 2.96 bits per heavy atom. The highest BCUT2D eigenvalue weighted by atomic mass is 16.3. The van der Waals surface area contributed by atoms with E-state index in [1.165, 1.54) is 0 Å². The summed E-state index contributed by atoms with van der Waals surface area (Å²) < 4.78 is 7.11. The second-order valence-corrected chi connectivity index (χ2v) is 5.18. The van der Waals surface area contributed by atoms with E-state index in [-0.39, 0.29) is 0 Å². The number of hydrogen-bond donors (Lipinski definition) is 2. The molecule has 0 fully saturated rings. The van der Waals surface area contributed by atoms with Crippen molar-refractivity contribution in [2.75, 3.05) is 11.1 Å². The molecule has 0 atom stereocenters. The molecule has 23 heavy (non-hydrogen) atoms. The van der Waals surface area contributed by atoms with Crippen LogP contribution in [0.15, 0.2) is 65.5 Å². The Kier molecular flexibility index (Phi) is 3.20. The predicted octanol–water partition coefficient (Wildman–Crippen LogP) is 3.18. The first-order valence-electron chi connectivity index (χ1n) is 7.26. The van der Waals surface area contributed by atoms with Crippen LogP contribution in [0, 0.1) is 0 Å². The van der Waals surface area contributed by atoms with Gasteiger partial charge >= 0.3 is 0 Å². The molecule has 0 radical (unpaired) electrons. The molecule has 0 aliphatic rings. The van der Waals surface area contributed by atoms with Crippen LogP contribution in [0.4, 0.5) is 11.5 Å². The van der Waals surface area contributed by atoms with Crippen molar-refractivity contribution in [3.63, 3.8) is 0 Å². The largest absolute Gasteiger partial charge is 0.467 e. The van der Waals surface area contributed by atoms with Crippen LogP contribution >= 0.6 is 0 Å². The Morgan fingerprint density at radius 2 is 2.13 bits per heavy atom. The summed E-state index contributed by atoms with van der Waals surface area (Å²) in [5.41, 5.74) is 9.30. The Hall–Kier alpha value is -3.28. The van der Waals surface area contributed by atoms with Crippen LogP contribution in [-0.2, 0) is 6.54 Å². The van der Waals surface area contributed by atoms with Crippen molar-refractivity contribution in [1.29, 1.82) is 0 Å². The number of aromatic nitrogens is 3. The number of furan rings is 1. The van der Waals surface area contributed by atoms with Crippen molar-refractivity contribution in [2.45, 2.75) is 6.54 Å². The van der Waals surface area contributed by atoms with E-state index in [1.54, 1.807) is 23.2 Å². The molecule has 0 saturated heterocycles. The van der Waals surface area contributed by atoms with Gasteiger partial charge in [0, 0.05) is 17.4 Å². The van der Waals surface area contributed by atoms with Gasteiger partial charge in [-0.3, -0.25) is 0 Å². The molecule has 3 heterocycles. The Labute approximate surface area is 132 Å². The van der Waals surface area contributed by atoms with Crippen LogP contribution in [0.2, 0.25) is 0 Å². The molecule has 6 heteroatoms. The van der Waals surface area contributed by atoms with E-state index in [1.807, 2.05) is 42.5 Å². The van der Waals surface area contributed by atoms with Crippen molar-refractivity contribution in [1.82, 2.24) is 14.6 Å². The average Bonchev–Trinajstić information content (AvgIpc) is 3.22. The number of hydrogen-bond acceptors (Lipinski definition) is 5. The molecular weight excluding hydrogens is 290 g/mol. The van der Waals surface area contributed by atoms with Gasteiger partial charge in [-0.1, -0.05) is 12.1 Å². The topological polar surface area (TPSA) is 81.4 Å². The fourth-order valence-electron chi connectivity index (χ4n) is 2.53. The fourth-order valence-corrected chi connectivity index (χ4v) is 2.53. The number of nitrogens with one attached hydrogen (secondary N) is 1. The summed E-state index contributed by atoms with van der Waals surface area (Å²) in [4.78, 5) is 4.45. The minimum Gasteiger partial charge on any atom is -0.467 e. The monoisotopic (exact) mass is 305 g/mol. The highest BCUT2D eigenvalue weighted by Crippen LogP contribution is 2.26. The average molecular weight is 305 g/mol. The van der Waals surface area contributed by atoms with Gasteiger partial charge in [0.05, 0.1) is 19.0 Å². The number of nitrogens with zero attached hydrogens (tertiary/aromatic N) is 3. The Bertz CT molecular complexity index is 943. The maximum atomic E-state index is 5.87. The van der Waals surface area contributed by atoms with Gasteiger partial charge in [0.25, 0.3) is 0 Å². The molecule has 0 aliphatic heterocycles. The number of rotatable bonds is 4.